The molecular weight excluding hydrogens is 350 g/mol. The van der Waals surface area contributed by atoms with Gasteiger partial charge in [0.05, 0.1) is 26.1 Å². The number of hydrogen-bond acceptors (Lipinski definition) is 6. The number of aromatic hydroxyl groups is 1. The maximum absolute atomic E-state index is 13.9. The Bertz CT molecular complexity index is 1030. The highest BCUT2D eigenvalue weighted by Crippen LogP contribution is 2.57. The van der Waals surface area contributed by atoms with E-state index < -0.39 is 11.6 Å². The molecule has 1 aliphatic carbocycles. The lowest BCUT2D eigenvalue weighted by atomic mass is 9.77. The number of fused-ring (bicyclic) bond motifs is 6. The van der Waals surface area contributed by atoms with Crippen LogP contribution in [0.4, 0.5) is 0 Å². The van der Waals surface area contributed by atoms with Gasteiger partial charge in [-0.05, 0) is 23.8 Å². The van der Waals surface area contributed by atoms with Gasteiger partial charge in [-0.25, -0.2) is 0 Å². The summed E-state index contributed by atoms with van der Waals surface area (Å²) in [5.74, 6) is 1.47. The zero-order chi connectivity index (χ0) is 18.5. The number of methoxy groups -OCH3 is 1. The predicted molar refractivity (Wildman–Crippen MR) is 91.4 cm³/mol. The normalized spacial score (nSPS) is 31.5. The molecule has 6 rings (SSSR count). The SMILES string of the molecule is COc1cc2c(cc1O)[C@]13C(=O)c4c(ccc5c4OCO5)[C@H]1OC(C2)[NH+]3C. The van der Waals surface area contributed by atoms with Crippen LogP contribution in [0.15, 0.2) is 24.3 Å². The molecule has 2 unspecified atom stereocenters. The van der Waals surface area contributed by atoms with E-state index in [1.54, 1.807) is 6.07 Å². The zero-order valence-corrected chi connectivity index (χ0v) is 14.9. The van der Waals surface area contributed by atoms with Crippen LogP contribution in [0.5, 0.6) is 23.0 Å². The molecule has 2 bridgehead atoms. The van der Waals surface area contributed by atoms with Crippen molar-refractivity contribution in [2.24, 2.45) is 0 Å². The van der Waals surface area contributed by atoms with Gasteiger partial charge in [-0.2, -0.15) is 0 Å². The van der Waals surface area contributed by atoms with Crippen molar-refractivity contribution in [2.75, 3.05) is 21.0 Å². The molecule has 4 atom stereocenters. The molecule has 2 aromatic rings. The highest BCUT2D eigenvalue weighted by molar-refractivity contribution is 6.11. The molecule has 7 heteroatoms. The van der Waals surface area contributed by atoms with Crippen LogP contribution in [0.1, 0.15) is 33.2 Å². The summed E-state index contributed by atoms with van der Waals surface area (Å²) in [6, 6.07) is 7.22. The summed E-state index contributed by atoms with van der Waals surface area (Å²) < 4.78 is 22.7. The largest absolute Gasteiger partial charge is 0.504 e. The third-order valence-electron chi connectivity index (χ3n) is 6.47. The number of rotatable bonds is 1. The van der Waals surface area contributed by atoms with Crippen molar-refractivity contribution >= 4 is 5.78 Å². The lowest BCUT2D eigenvalue weighted by molar-refractivity contribution is -0.952. The Kier molecular flexibility index (Phi) is 2.68. The summed E-state index contributed by atoms with van der Waals surface area (Å²) in [6.07, 6.45) is 0.0938. The van der Waals surface area contributed by atoms with Gasteiger partial charge in [-0.15, -0.1) is 0 Å². The number of carbonyl (C=O) groups excluding carboxylic acids is 1. The predicted octanol–water partition coefficient (Wildman–Crippen LogP) is 0.689. The van der Waals surface area contributed by atoms with Gasteiger partial charge in [0.2, 0.25) is 18.1 Å². The first-order chi connectivity index (χ1) is 13.1. The van der Waals surface area contributed by atoms with E-state index in [9.17, 15) is 9.90 Å². The number of carbonyl (C=O) groups is 1. The molecule has 3 heterocycles. The number of hydrogen-bond donors (Lipinski definition) is 2. The number of Topliss-reactive ketones (excluding diaryl/α,β-unsaturated/α-hetero) is 1. The first-order valence-corrected chi connectivity index (χ1v) is 8.94. The number of nitrogens with one attached hydrogen (secondary N) is 1. The van der Waals surface area contributed by atoms with Crippen LogP contribution in [0.3, 0.4) is 0 Å². The first-order valence-electron chi connectivity index (χ1n) is 8.94. The fraction of sp³-hybridized carbons (Fsp3) is 0.350. The average Bonchev–Trinajstić information content (AvgIpc) is 3.27. The molecule has 2 N–H and O–H groups in total. The Morgan fingerprint density at radius 3 is 2.96 bits per heavy atom. The molecule has 1 spiro atoms. The number of ketones is 1. The van der Waals surface area contributed by atoms with Crippen LogP contribution >= 0.6 is 0 Å². The molecule has 0 aromatic heterocycles. The molecule has 0 radical (unpaired) electrons. The second-order valence-corrected chi connectivity index (χ2v) is 7.47. The molecule has 0 amide bonds. The van der Waals surface area contributed by atoms with Crippen molar-refractivity contribution in [1.29, 1.82) is 0 Å². The fourth-order valence-corrected chi connectivity index (χ4v) is 5.26. The number of quaternary nitrogens is 1. The Morgan fingerprint density at radius 1 is 1.30 bits per heavy atom. The smallest absolute Gasteiger partial charge is 0.235 e. The van der Waals surface area contributed by atoms with Crippen molar-refractivity contribution in [3.8, 4) is 23.0 Å². The quantitative estimate of drug-likeness (QED) is 0.771. The zero-order valence-electron chi connectivity index (χ0n) is 14.9. The number of benzene rings is 2. The van der Waals surface area contributed by atoms with Gasteiger partial charge in [0.25, 0.3) is 0 Å². The van der Waals surface area contributed by atoms with E-state index in [2.05, 4.69) is 0 Å². The van der Waals surface area contributed by atoms with E-state index in [1.807, 2.05) is 25.2 Å². The van der Waals surface area contributed by atoms with Crippen molar-refractivity contribution < 1.29 is 33.7 Å². The molecule has 1 fully saturated rings. The highest BCUT2D eigenvalue weighted by atomic mass is 16.7. The number of phenolic OH excluding ortho intramolecular Hbond substituents is 1. The number of ether oxygens (including phenoxy) is 4. The van der Waals surface area contributed by atoms with Gasteiger partial charge < -0.3 is 24.1 Å². The van der Waals surface area contributed by atoms with Crippen molar-refractivity contribution in [1.82, 2.24) is 0 Å². The second-order valence-electron chi connectivity index (χ2n) is 7.47. The highest BCUT2D eigenvalue weighted by Gasteiger charge is 2.71. The van der Waals surface area contributed by atoms with Gasteiger partial charge in [-0.1, -0.05) is 6.07 Å². The third kappa shape index (κ3) is 1.55. The first kappa shape index (κ1) is 15.3. The van der Waals surface area contributed by atoms with E-state index in [4.69, 9.17) is 18.9 Å². The standard InChI is InChI=1S/C20H17NO6/c1-21-15-6-9-5-14(24-2)12(22)7-11(9)20(21)18(23)16-10(19(20)27-15)3-4-13-17(16)26-8-25-13/h3-5,7,15,19,22H,6,8H2,1-2H3/p+1/t15?,19-,20+/m1/s1. The van der Waals surface area contributed by atoms with E-state index >= 15 is 0 Å². The van der Waals surface area contributed by atoms with Gasteiger partial charge in [-0.3, -0.25) is 9.69 Å². The maximum atomic E-state index is 13.9. The van der Waals surface area contributed by atoms with Crippen LogP contribution in [-0.4, -0.2) is 38.1 Å². The minimum atomic E-state index is -0.939. The van der Waals surface area contributed by atoms with E-state index in [0.29, 0.717) is 29.2 Å². The third-order valence-corrected chi connectivity index (χ3v) is 6.47. The van der Waals surface area contributed by atoms with Crippen molar-refractivity contribution in [3.63, 3.8) is 0 Å². The van der Waals surface area contributed by atoms with Crippen LogP contribution < -0.4 is 19.1 Å². The second kappa shape index (κ2) is 4.74. The molecule has 4 aliphatic rings. The molecule has 3 aliphatic heterocycles. The number of phenols is 1. The summed E-state index contributed by atoms with van der Waals surface area (Å²) in [5, 5.41) is 10.4. The van der Waals surface area contributed by atoms with Crippen molar-refractivity contribution in [2.45, 2.75) is 24.3 Å². The lowest BCUT2D eigenvalue weighted by Crippen LogP contribution is -3.19. The van der Waals surface area contributed by atoms with Crippen LogP contribution in [0, 0.1) is 0 Å². The lowest BCUT2D eigenvalue weighted by Gasteiger charge is -2.36. The molecule has 0 saturated carbocycles. The Balaban J connectivity index is 1.65. The molecule has 7 nitrogen and oxygen atoms in total. The molecule has 1 saturated heterocycles. The van der Waals surface area contributed by atoms with E-state index in [-0.39, 0.29) is 24.6 Å². The summed E-state index contributed by atoms with van der Waals surface area (Å²) in [7, 11) is 3.50. The van der Waals surface area contributed by atoms with Crippen molar-refractivity contribution in [3.05, 3.63) is 46.5 Å². The van der Waals surface area contributed by atoms with Crippen LogP contribution in [0.2, 0.25) is 0 Å². The number of likely N-dealkylation sites (N-methyl/N-ethyl adjacent to an activating group) is 1. The van der Waals surface area contributed by atoms with Crippen LogP contribution in [-0.2, 0) is 16.7 Å². The molecular formula is C20H18NO6+. The Hall–Kier alpha value is -2.77. The van der Waals surface area contributed by atoms with Gasteiger partial charge >= 0.3 is 0 Å². The molecule has 2 aromatic carbocycles. The monoisotopic (exact) mass is 368 g/mol. The fourth-order valence-electron chi connectivity index (χ4n) is 5.26. The van der Waals surface area contributed by atoms with Gasteiger partial charge in [0.1, 0.15) is 0 Å². The topological polar surface area (TPSA) is 78.7 Å². The maximum Gasteiger partial charge on any atom is 0.235 e. The van der Waals surface area contributed by atoms with Crippen LogP contribution in [0.25, 0.3) is 0 Å². The Labute approximate surface area is 155 Å². The minimum absolute atomic E-state index is 0.0242. The minimum Gasteiger partial charge on any atom is -0.504 e. The molecule has 27 heavy (non-hydrogen) atoms. The summed E-state index contributed by atoms with van der Waals surface area (Å²) in [5.41, 5.74) is 2.19. The van der Waals surface area contributed by atoms with Gasteiger partial charge in [0, 0.05) is 11.1 Å². The van der Waals surface area contributed by atoms with Gasteiger partial charge in [0.15, 0.2) is 35.3 Å². The average molecular weight is 368 g/mol. The Morgan fingerprint density at radius 2 is 2.15 bits per heavy atom. The van der Waals surface area contributed by atoms with E-state index in [1.165, 1.54) is 7.11 Å². The van der Waals surface area contributed by atoms with E-state index in [0.717, 1.165) is 21.6 Å². The summed E-state index contributed by atoms with van der Waals surface area (Å²) >= 11 is 0. The summed E-state index contributed by atoms with van der Waals surface area (Å²) in [4.78, 5) is 14.8. The molecule has 138 valence electrons. The summed E-state index contributed by atoms with van der Waals surface area (Å²) in [6.45, 7) is 0.109.